The number of nitrogens with zero attached hydrogens (tertiary/aromatic N) is 1. The van der Waals surface area contributed by atoms with Crippen molar-refractivity contribution in [3.05, 3.63) is 18.3 Å². The molecule has 3 N–H and O–H groups in total. The van der Waals surface area contributed by atoms with E-state index in [1.807, 2.05) is 0 Å². The number of carbonyl (C=O) groups is 2. The van der Waals surface area contributed by atoms with Gasteiger partial charge in [-0.25, -0.2) is 9.78 Å². The van der Waals surface area contributed by atoms with Crippen molar-refractivity contribution in [1.82, 2.24) is 15.6 Å². The Morgan fingerprint density at radius 1 is 1.15 bits per heavy atom. The van der Waals surface area contributed by atoms with Gasteiger partial charge >= 0.3 is 6.03 Å². The summed E-state index contributed by atoms with van der Waals surface area (Å²) in [5, 5.41) is 8.71. The number of nitrogens with one attached hydrogen (secondary N) is 3. The van der Waals surface area contributed by atoms with Crippen LogP contribution in [0.15, 0.2) is 18.3 Å². The lowest BCUT2D eigenvalue weighted by Crippen LogP contribution is -2.62. The van der Waals surface area contributed by atoms with Crippen LogP contribution in [0.1, 0.15) is 45.4 Å². The number of pyridine rings is 1. The van der Waals surface area contributed by atoms with Gasteiger partial charge in [0.05, 0.1) is 19.0 Å². The maximum Gasteiger partial charge on any atom is 0.321 e. The monoisotopic (exact) mass is 372 g/mol. The van der Waals surface area contributed by atoms with Crippen molar-refractivity contribution < 1.29 is 14.3 Å². The highest BCUT2D eigenvalue weighted by atomic mass is 16.5. The largest absolute Gasteiger partial charge is 0.481 e. The Morgan fingerprint density at radius 2 is 1.78 bits per heavy atom. The summed E-state index contributed by atoms with van der Waals surface area (Å²) in [5.74, 6) is 2.39. The van der Waals surface area contributed by atoms with E-state index in [2.05, 4.69) is 20.9 Å². The minimum absolute atomic E-state index is 0.102. The van der Waals surface area contributed by atoms with E-state index in [1.165, 1.54) is 19.3 Å². The number of rotatable bonds is 5. The Morgan fingerprint density at radius 3 is 2.30 bits per heavy atom. The highest BCUT2D eigenvalue weighted by Gasteiger charge is 2.51. The number of hydrogen-bond donors (Lipinski definition) is 3. The molecule has 1 aromatic rings. The summed E-state index contributed by atoms with van der Waals surface area (Å²) in [7, 11) is 1.55. The third-order valence-corrected chi connectivity index (χ3v) is 6.38. The lowest BCUT2D eigenvalue weighted by Gasteiger charge is -2.56. The number of imide groups is 1. The number of methoxy groups -OCH3 is 1. The van der Waals surface area contributed by atoms with Gasteiger partial charge in [-0.05, 0) is 69.3 Å². The van der Waals surface area contributed by atoms with E-state index in [0.29, 0.717) is 11.6 Å². The maximum absolute atomic E-state index is 12.5. The molecule has 1 atom stereocenters. The molecule has 0 radical (unpaired) electrons. The van der Waals surface area contributed by atoms with Gasteiger partial charge in [-0.15, -0.1) is 0 Å². The first-order valence-corrected chi connectivity index (χ1v) is 9.84. The number of hydrogen-bond acceptors (Lipinski definition) is 5. The zero-order valence-corrected chi connectivity index (χ0v) is 16.0. The van der Waals surface area contributed by atoms with E-state index >= 15 is 0 Å². The molecular weight excluding hydrogens is 344 g/mol. The molecule has 7 heteroatoms. The smallest absolute Gasteiger partial charge is 0.321 e. The van der Waals surface area contributed by atoms with Crippen LogP contribution < -0.4 is 20.7 Å². The van der Waals surface area contributed by atoms with E-state index in [0.717, 1.165) is 37.0 Å². The lowest BCUT2D eigenvalue weighted by molar-refractivity contribution is -0.120. The van der Waals surface area contributed by atoms with Crippen LogP contribution in [0.25, 0.3) is 0 Å². The van der Waals surface area contributed by atoms with Crippen LogP contribution in [0.2, 0.25) is 0 Å². The molecule has 4 fully saturated rings. The molecule has 4 saturated carbocycles. The van der Waals surface area contributed by atoms with Crippen LogP contribution in [0.3, 0.4) is 0 Å². The van der Waals surface area contributed by atoms with Crippen LogP contribution in [0, 0.1) is 17.8 Å². The first-order valence-electron chi connectivity index (χ1n) is 9.84. The molecule has 3 amide bonds. The normalized spacial score (nSPS) is 31.9. The molecule has 0 aliphatic heterocycles. The number of urea groups is 1. The Labute approximate surface area is 159 Å². The lowest BCUT2D eigenvalue weighted by atomic mass is 9.53. The summed E-state index contributed by atoms with van der Waals surface area (Å²) >= 11 is 0. The minimum Gasteiger partial charge on any atom is -0.481 e. The average molecular weight is 372 g/mol. The molecule has 4 bridgehead atoms. The van der Waals surface area contributed by atoms with Gasteiger partial charge in [0.25, 0.3) is 0 Å². The number of ether oxygens (including phenoxy) is 1. The van der Waals surface area contributed by atoms with Gasteiger partial charge in [-0.1, -0.05) is 0 Å². The summed E-state index contributed by atoms with van der Waals surface area (Å²) in [5.41, 5.74) is 0.593. The van der Waals surface area contributed by atoms with Crippen molar-refractivity contribution in [2.45, 2.75) is 57.0 Å². The van der Waals surface area contributed by atoms with E-state index in [4.69, 9.17) is 4.74 Å². The third kappa shape index (κ3) is 3.87. The van der Waals surface area contributed by atoms with Crippen molar-refractivity contribution in [2.75, 3.05) is 12.4 Å². The predicted octanol–water partition coefficient (Wildman–Crippen LogP) is 2.69. The van der Waals surface area contributed by atoms with Gasteiger partial charge in [0.1, 0.15) is 6.04 Å². The Bertz CT molecular complexity index is 683. The van der Waals surface area contributed by atoms with Gasteiger partial charge in [0.15, 0.2) is 0 Å². The fourth-order valence-electron chi connectivity index (χ4n) is 5.66. The van der Waals surface area contributed by atoms with Crippen molar-refractivity contribution in [3.63, 3.8) is 0 Å². The second kappa shape index (κ2) is 7.02. The Balaban J connectivity index is 1.30. The Hall–Kier alpha value is -2.31. The standard InChI is InChI=1S/C20H28N4O3/c1-12(22-16-3-4-17(27-2)21-11-16)18(25)23-19(26)24-20-8-13-5-14(9-20)7-15(6-13)10-20/h3-4,11-15,22H,5-10H2,1-2H3,(H2,23,24,25,26)/t12-,13?,14?,15?,20?/m1/s1. The molecule has 0 aromatic carbocycles. The van der Waals surface area contributed by atoms with Crippen molar-refractivity contribution >= 4 is 17.6 Å². The summed E-state index contributed by atoms with van der Waals surface area (Å²) in [4.78, 5) is 29.0. The third-order valence-electron chi connectivity index (χ3n) is 6.38. The number of anilines is 1. The molecule has 1 heterocycles. The molecule has 0 unspecified atom stereocenters. The quantitative estimate of drug-likeness (QED) is 0.739. The summed E-state index contributed by atoms with van der Waals surface area (Å²) in [6.07, 6.45) is 8.73. The highest BCUT2D eigenvalue weighted by molar-refractivity contribution is 5.98. The maximum atomic E-state index is 12.5. The van der Waals surface area contributed by atoms with Gasteiger partial charge in [0, 0.05) is 11.6 Å². The highest BCUT2D eigenvalue weighted by Crippen LogP contribution is 2.55. The molecule has 4 aliphatic carbocycles. The van der Waals surface area contributed by atoms with Crippen LogP contribution in [0.5, 0.6) is 5.88 Å². The minimum atomic E-state index is -0.553. The number of carbonyl (C=O) groups excluding carboxylic acids is 2. The summed E-state index contributed by atoms with van der Waals surface area (Å²) < 4.78 is 5.02. The van der Waals surface area contributed by atoms with E-state index in [1.54, 1.807) is 32.4 Å². The SMILES string of the molecule is COc1ccc(N[C@H](C)C(=O)NC(=O)NC23CC4CC(CC(C4)C2)C3)cn1. The van der Waals surface area contributed by atoms with Crippen molar-refractivity contribution in [2.24, 2.45) is 17.8 Å². The zero-order chi connectivity index (χ0) is 19.0. The second-order valence-corrected chi connectivity index (χ2v) is 8.60. The molecule has 146 valence electrons. The summed E-state index contributed by atoms with van der Waals surface area (Å²) in [6, 6.07) is 2.57. The molecular formula is C20H28N4O3. The Kier molecular flexibility index (Phi) is 4.70. The fourth-order valence-corrected chi connectivity index (χ4v) is 5.66. The van der Waals surface area contributed by atoms with E-state index in [-0.39, 0.29) is 17.5 Å². The van der Waals surface area contributed by atoms with Crippen LogP contribution in [-0.4, -0.2) is 35.6 Å². The second-order valence-electron chi connectivity index (χ2n) is 8.60. The molecule has 1 aromatic heterocycles. The molecule has 0 spiro atoms. The van der Waals surface area contributed by atoms with Crippen LogP contribution in [0.4, 0.5) is 10.5 Å². The van der Waals surface area contributed by atoms with Gasteiger partial charge < -0.3 is 15.4 Å². The van der Waals surface area contributed by atoms with Gasteiger partial charge in [-0.3, -0.25) is 10.1 Å². The first kappa shape index (κ1) is 18.1. The topological polar surface area (TPSA) is 92.4 Å². The van der Waals surface area contributed by atoms with Gasteiger partial charge in [-0.2, -0.15) is 0 Å². The first-order chi connectivity index (χ1) is 12.9. The average Bonchev–Trinajstić information content (AvgIpc) is 2.60. The zero-order valence-electron chi connectivity index (χ0n) is 16.0. The molecule has 5 rings (SSSR count). The van der Waals surface area contributed by atoms with Crippen molar-refractivity contribution in [3.8, 4) is 5.88 Å². The number of aromatic nitrogens is 1. The molecule has 27 heavy (non-hydrogen) atoms. The number of amides is 3. The van der Waals surface area contributed by atoms with Crippen LogP contribution in [-0.2, 0) is 4.79 Å². The molecule has 0 saturated heterocycles. The van der Waals surface area contributed by atoms with E-state index < -0.39 is 6.04 Å². The van der Waals surface area contributed by atoms with Crippen molar-refractivity contribution in [1.29, 1.82) is 0 Å². The summed E-state index contributed by atoms with van der Waals surface area (Å²) in [6.45, 7) is 1.72. The van der Waals surface area contributed by atoms with Crippen LogP contribution >= 0.6 is 0 Å². The van der Waals surface area contributed by atoms with E-state index in [9.17, 15) is 9.59 Å². The fraction of sp³-hybridized carbons (Fsp3) is 0.650. The predicted molar refractivity (Wildman–Crippen MR) is 101 cm³/mol. The molecule has 7 nitrogen and oxygen atoms in total. The van der Waals surface area contributed by atoms with Gasteiger partial charge in [0.2, 0.25) is 11.8 Å². The molecule has 4 aliphatic rings.